The molecule has 4 fully saturated rings. The van der Waals surface area contributed by atoms with E-state index in [2.05, 4.69) is 59.9 Å². The lowest BCUT2D eigenvalue weighted by Gasteiger charge is -2.60. The number of aromatic nitrogens is 4. The first kappa shape index (κ1) is 15.5. The van der Waals surface area contributed by atoms with Gasteiger partial charge in [-0.15, -0.1) is 5.10 Å². The van der Waals surface area contributed by atoms with Crippen molar-refractivity contribution in [3.05, 3.63) is 35.2 Å². The molecule has 25 heavy (non-hydrogen) atoms. The van der Waals surface area contributed by atoms with Crippen molar-refractivity contribution in [2.24, 2.45) is 23.7 Å². The predicted molar refractivity (Wildman–Crippen MR) is 96.4 cm³/mol. The molecule has 4 bridgehead atoms. The van der Waals surface area contributed by atoms with Gasteiger partial charge in [-0.3, -0.25) is 0 Å². The van der Waals surface area contributed by atoms with Gasteiger partial charge in [-0.05, 0) is 98.2 Å². The van der Waals surface area contributed by atoms with Gasteiger partial charge in [0.2, 0.25) is 0 Å². The van der Waals surface area contributed by atoms with Crippen molar-refractivity contribution >= 4 is 0 Å². The molecule has 2 aromatic rings. The Hall–Kier alpha value is -1.75. The van der Waals surface area contributed by atoms with Crippen LogP contribution >= 0.6 is 0 Å². The van der Waals surface area contributed by atoms with E-state index in [1.165, 1.54) is 43.2 Å². The molecule has 0 atom stereocenters. The van der Waals surface area contributed by atoms with Crippen LogP contribution in [-0.4, -0.2) is 27.3 Å². The third-order valence-corrected chi connectivity index (χ3v) is 7.33. The predicted octanol–water partition coefficient (Wildman–Crippen LogP) is 3.15. The van der Waals surface area contributed by atoms with Crippen molar-refractivity contribution in [2.75, 3.05) is 7.05 Å². The van der Waals surface area contributed by atoms with Crippen molar-refractivity contribution in [3.8, 4) is 5.69 Å². The molecule has 0 amide bonds. The van der Waals surface area contributed by atoms with Crippen molar-refractivity contribution in [2.45, 2.75) is 51.5 Å². The molecule has 1 aromatic heterocycles. The molecule has 0 radical (unpaired) electrons. The Kier molecular flexibility index (Phi) is 3.33. The van der Waals surface area contributed by atoms with E-state index in [0.717, 1.165) is 23.3 Å². The quantitative estimate of drug-likeness (QED) is 0.935. The number of para-hydroxylation sites is 1. The second-order valence-corrected chi connectivity index (χ2v) is 8.58. The van der Waals surface area contributed by atoms with Gasteiger partial charge >= 0.3 is 0 Å². The Morgan fingerprint density at radius 3 is 2.16 bits per heavy atom. The molecular weight excluding hydrogens is 310 g/mol. The summed E-state index contributed by atoms with van der Waals surface area (Å²) in [6, 6.07) is 6.41. The smallest absolute Gasteiger partial charge is 0.177 e. The average Bonchev–Trinajstić information content (AvgIpc) is 3.04. The molecule has 1 N–H and O–H groups in total. The van der Waals surface area contributed by atoms with Gasteiger partial charge < -0.3 is 5.32 Å². The minimum atomic E-state index is -0.0777. The van der Waals surface area contributed by atoms with E-state index in [0.29, 0.717) is 11.8 Å². The molecule has 6 rings (SSSR count). The van der Waals surface area contributed by atoms with Crippen LogP contribution in [0.3, 0.4) is 0 Å². The highest BCUT2D eigenvalue weighted by atomic mass is 15.6. The molecule has 4 aliphatic carbocycles. The highest BCUT2D eigenvalue weighted by molar-refractivity contribution is 5.47. The van der Waals surface area contributed by atoms with Crippen molar-refractivity contribution in [1.29, 1.82) is 0 Å². The fourth-order valence-electron chi connectivity index (χ4n) is 6.55. The second kappa shape index (κ2) is 5.37. The molecule has 5 heteroatoms. The van der Waals surface area contributed by atoms with Gasteiger partial charge in [0.25, 0.3) is 0 Å². The van der Waals surface area contributed by atoms with Gasteiger partial charge in [0.15, 0.2) is 5.82 Å². The maximum atomic E-state index is 4.60. The van der Waals surface area contributed by atoms with E-state index in [9.17, 15) is 0 Å². The fourth-order valence-corrected chi connectivity index (χ4v) is 6.55. The Labute approximate surface area is 149 Å². The number of nitrogens with zero attached hydrogens (tertiary/aromatic N) is 4. The molecule has 4 saturated carbocycles. The number of rotatable bonds is 3. The number of tetrazole rings is 1. The Bertz CT molecular complexity index is 760. The van der Waals surface area contributed by atoms with Crippen LogP contribution in [-0.2, 0) is 5.54 Å². The molecular formula is C20H27N5. The van der Waals surface area contributed by atoms with Crippen LogP contribution in [0.1, 0.15) is 49.1 Å². The molecule has 0 spiro atoms. The zero-order valence-corrected chi connectivity index (χ0v) is 15.4. The number of aryl methyl sites for hydroxylation is 2. The third kappa shape index (κ3) is 2.02. The monoisotopic (exact) mass is 337 g/mol. The first-order chi connectivity index (χ1) is 12.1. The average molecular weight is 337 g/mol. The maximum Gasteiger partial charge on any atom is 0.177 e. The summed E-state index contributed by atoms with van der Waals surface area (Å²) in [4.78, 5) is 0. The van der Waals surface area contributed by atoms with Crippen LogP contribution in [0.2, 0.25) is 0 Å². The minimum Gasteiger partial charge on any atom is -0.307 e. The van der Waals surface area contributed by atoms with Crippen LogP contribution in [0.15, 0.2) is 18.2 Å². The zero-order chi connectivity index (χ0) is 17.2. The molecule has 4 aliphatic rings. The summed E-state index contributed by atoms with van der Waals surface area (Å²) in [5.74, 6) is 4.19. The summed E-state index contributed by atoms with van der Waals surface area (Å²) < 4.78 is 2.03. The van der Waals surface area contributed by atoms with E-state index in [1.807, 2.05) is 4.68 Å². The Balaban J connectivity index is 1.68. The molecule has 0 aliphatic heterocycles. The van der Waals surface area contributed by atoms with Gasteiger partial charge in [-0.2, -0.15) is 4.68 Å². The normalized spacial score (nSPS) is 36.1. The van der Waals surface area contributed by atoms with E-state index in [-0.39, 0.29) is 5.54 Å². The lowest BCUT2D eigenvalue weighted by molar-refractivity contribution is -0.0795. The van der Waals surface area contributed by atoms with Crippen molar-refractivity contribution in [1.82, 2.24) is 25.5 Å². The number of hydrogen-bond acceptors (Lipinski definition) is 4. The summed E-state index contributed by atoms with van der Waals surface area (Å²) in [5, 5.41) is 16.9. The summed E-state index contributed by atoms with van der Waals surface area (Å²) >= 11 is 0. The van der Waals surface area contributed by atoms with Crippen molar-refractivity contribution in [3.63, 3.8) is 0 Å². The van der Waals surface area contributed by atoms with Gasteiger partial charge in [-0.1, -0.05) is 18.2 Å². The summed E-state index contributed by atoms with van der Waals surface area (Å²) in [6.07, 6.45) is 6.76. The largest absolute Gasteiger partial charge is 0.307 e. The van der Waals surface area contributed by atoms with Crippen LogP contribution in [0, 0.1) is 37.5 Å². The topological polar surface area (TPSA) is 55.6 Å². The zero-order valence-electron chi connectivity index (χ0n) is 15.4. The third-order valence-electron chi connectivity index (χ3n) is 7.33. The fraction of sp³-hybridized carbons (Fsp3) is 0.650. The second-order valence-electron chi connectivity index (χ2n) is 8.58. The number of nitrogens with one attached hydrogen (secondary N) is 1. The lowest BCUT2D eigenvalue weighted by atomic mass is 9.48. The summed E-state index contributed by atoms with van der Waals surface area (Å²) in [7, 11) is 2.12. The molecule has 0 unspecified atom stereocenters. The maximum absolute atomic E-state index is 4.60. The molecule has 5 nitrogen and oxygen atoms in total. The Morgan fingerprint density at radius 2 is 1.60 bits per heavy atom. The highest BCUT2D eigenvalue weighted by Gasteiger charge is 2.59. The van der Waals surface area contributed by atoms with Gasteiger partial charge in [0, 0.05) is 0 Å². The van der Waals surface area contributed by atoms with Crippen LogP contribution in [0.5, 0.6) is 0 Å². The van der Waals surface area contributed by atoms with Crippen molar-refractivity contribution < 1.29 is 0 Å². The van der Waals surface area contributed by atoms with E-state index in [4.69, 9.17) is 0 Å². The summed E-state index contributed by atoms with van der Waals surface area (Å²) in [6.45, 7) is 4.30. The van der Waals surface area contributed by atoms with E-state index >= 15 is 0 Å². The summed E-state index contributed by atoms with van der Waals surface area (Å²) in [5.41, 5.74) is 3.52. The van der Waals surface area contributed by atoms with Gasteiger partial charge in [0.1, 0.15) is 0 Å². The van der Waals surface area contributed by atoms with Gasteiger partial charge in [-0.25, -0.2) is 0 Å². The molecule has 132 valence electrons. The van der Waals surface area contributed by atoms with Crippen LogP contribution in [0.4, 0.5) is 0 Å². The lowest BCUT2D eigenvalue weighted by Crippen LogP contribution is -2.62. The molecule has 1 heterocycles. The van der Waals surface area contributed by atoms with E-state index in [1.54, 1.807) is 0 Å². The highest BCUT2D eigenvalue weighted by Crippen LogP contribution is 2.61. The first-order valence-corrected chi connectivity index (χ1v) is 9.67. The minimum absolute atomic E-state index is 0.0777. The van der Waals surface area contributed by atoms with E-state index < -0.39 is 0 Å². The molecule has 0 saturated heterocycles. The van der Waals surface area contributed by atoms with Crippen LogP contribution in [0.25, 0.3) is 5.69 Å². The number of benzene rings is 1. The number of hydrogen-bond donors (Lipinski definition) is 1. The first-order valence-electron chi connectivity index (χ1n) is 9.67. The SMILES string of the molecule is CNC1(c2nnnn2-c2c(C)cccc2C)C2CC3CC(C2)CC1C3. The molecule has 1 aromatic carbocycles. The van der Waals surface area contributed by atoms with Gasteiger partial charge in [0.05, 0.1) is 11.2 Å². The Morgan fingerprint density at radius 1 is 1.00 bits per heavy atom. The standard InChI is InChI=1S/C20H27N5/c1-12-5-4-6-13(2)18(12)25-19(22-23-24-25)20(21-3)16-8-14-7-15(10-16)11-17(20)9-14/h4-6,14-17,21H,7-11H2,1-3H3. The van der Waals surface area contributed by atoms with Crippen LogP contribution < -0.4 is 5.32 Å².